The molecule has 0 spiro atoms. The summed E-state index contributed by atoms with van der Waals surface area (Å²) in [5.74, 6) is 0. The van der Waals surface area contributed by atoms with Crippen LogP contribution in [0.5, 0.6) is 0 Å². The van der Waals surface area contributed by atoms with Crippen molar-refractivity contribution in [1.29, 1.82) is 0 Å². The van der Waals surface area contributed by atoms with Gasteiger partial charge in [0.15, 0.2) is 0 Å². The predicted molar refractivity (Wildman–Crippen MR) is 243 cm³/mol. The lowest BCUT2D eigenvalue weighted by molar-refractivity contribution is 1.18. The van der Waals surface area contributed by atoms with Crippen LogP contribution in [0.4, 0.5) is 0 Å². The highest BCUT2D eigenvalue weighted by Crippen LogP contribution is 2.50. The van der Waals surface area contributed by atoms with E-state index in [0.717, 1.165) is 16.9 Å². The first-order valence-corrected chi connectivity index (χ1v) is 20.0. The molecule has 0 aliphatic heterocycles. The van der Waals surface area contributed by atoms with E-state index in [1.807, 2.05) is 6.20 Å². The summed E-state index contributed by atoms with van der Waals surface area (Å²) in [6.07, 6.45) is 2.04. The molecule has 0 N–H and O–H groups in total. The number of hydrogen-bond donors (Lipinski definition) is 0. The summed E-state index contributed by atoms with van der Waals surface area (Å²) < 4.78 is 4.85. The second-order valence-electron chi connectivity index (χ2n) is 15.5. The van der Waals surface area contributed by atoms with Crippen molar-refractivity contribution in [3.63, 3.8) is 0 Å². The quantitative estimate of drug-likeness (QED) is 0.176. The van der Waals surface area contributed by atoms with Gasteiger partial charge in [0.05, 0.1) is 27.8 Å². The van der Waals surface area contributed by atoms with Crippen LogP contribution in [0.15, 0.2) is 200 Å². The first-order valence-electron chi connectivity index (χ1n) is 20.0. The van der Waals surface area contributed by atoms with Crippen LogP contribution >= 0.6 is 0 Å². The van der Waals surface area contributed by atoms with Crippen molar-refractivity contribution < 1.29 is 0 Å². The third-order valence-corrected chi connectivity index (χ3v) is 12.5. The van der Waals surface area contributed by atoms with Gasteiger partial charge in [-0.05, 0) is 87.8 Å². The van der Waals surface area contributed by atoms with Crippen molar-refractivity contribution in [1.82, 2.24) is 14.1 Å². The Kier molecular flexibility index (Phi) is 6.44. The molecule has 3 heterocycles. The minimum Gasteiger partial charge on any atom is -0.309 e. The standard InChI is InChI=1S/C55H33N3/c1-2-15-39(16-3-1)57-49-23-9-8-20-43(49)47-31-35(25-28-50(47)57)36-26-29-51-48(32-36)46-27-24-34-12-4-5-18-41(34)55(46)58(51)40-17-10-13-37(30-40)54-53-45-21-7-6-19-42(45)44-22-11-14-38(33-56-54)52(44)53/h1-33H. The van der Waals surface area contributed by atoms with Crippen molar-refractivity contribution in [3.8, 4) is 56.0 Å². The predicted octanol–water partition coefficient (Wildman–Crippen LogP) is 14.6. The van der Waals surface area contributed by atoms with Gasteiger partial charge in [0.2, 0.25) is 0 Å². The number of aromatic nitrogens is 3. The van der Waals surface area contributed by atoms with Crippen molar-refractivity contribution in [2.45, 2.75) is 0 Å². The van der Waals surface area contributed by atoms with E-state index in [1.165, 1.54) is 104 Å². The molecule has 13 rings (SSSR count). The van der Waals surface area contributed by atoms with E-state index in [1.54, 1.807) is 0 Å². The maximum atomic E-state index is 5.17. The lowest BCUT2D eigenvalue weighted by Gasteiger charge is -2.14. The summed E-state index contributed by atoms with van der Waals surface area (Å²) in [5, 5.41) is 9.91. The van der Waals surface area contributed by atoms with Gasteiger partial charge in [-0.1, -0.05) is 140 Å². The minimum absolute atomic E-state index is 1.02. The average molecular weight is 736 g/mol. The Labute approximate surface area is 334 Å². The third kappa shape index (κ3) is 4.36. The smallest absolute Gasteiger partial charge is 0.0787 e. The van der Waals surface area contributed by atoms with Gasteiger partial charge in [0, 0.05) is 66.4 Å². The summed E-state index contributed by atoms with van der Waals surface area (Å²) in [6, 6.07) is 71.0. The summed E-state index contributed by atoms with van der Waals surface area (Å²) in [6.45, 7) is 0. The molecule has 0 radical (unpaired) electrons. The zero-order chi connectivity index (χ0) is 37.9. The van der Waals surface area contributed by atoms with Gasteiger partial charge in [0.25, 0.3) is 0 Å². The summed E-state index contributed by atoms with van der Waals surface area (Å²) in [4.78, 5) is 5.17. The fraction of sp³-hybridized carbons (Fsp3) is 0. The number of para-hydroxylation sites is 2. The Morgan fingerprint density at radius 2 is 0.983 bits per heavy atom. The highest BCUT2D eigenvalue weighted by atomic mass is 15.0. The molecule has 0 saturated heterocycles. The van der Waals surface area contributed by atoms with E-state index in [0.29, 0.717) is 0 Å². The highest BCUT2D eigenvalue weighted by molar-refractivity contribution is 6.20. The molecular weight excluding hydrogens is 703 g/mol. The van der Waals surface area contributed by atoms with Gasteiger partial charge in [0.1, 0.15) is 0 Å². The van der Waals surface area contributed by atoms with Crippen LogP contribution in [0.25, 0.3) is 121 Å². The maximum Gasteiger partial charge on any atom is 0.0787 e. The molecular formula is C55H33N3. The van der Waals surface area contributed by atoms with Gasteiger partial charge in [-0.3, -0.25) is 4.98 Å². The second kappa shape index (κ2) is 11.9. The highest BCUT2D eigenvalue weighted by Gasteiger charge is 2.26. The Bertz CT molecular complexity index is 3680. The monoisotopic (exact) mass is 735 g/mol. The van der Waals surface area contributed by atoms with Crippen LogP contribution in [0.3, 0.4) is 0 Å². The fourth-order valence-electron chi connectivity index (χ4n) is 9.94. The van der Waals surface area contributed by atoms with Crippen molar-refractivity contribution in [2.24, 2.45) is 0 Å². The van der Waals surface area contributed by atoms with E-state index in [4.69, 9.17) is 4.98 Å². The second-order valence-corrected chi connectivity index (χ2v) is 15.5. The lowest BCUT2D eigenvalue weighted by atomic mass is 9.98. The number of hydrogen-bond acceptors (Lipinski definition) is 1. The molecule has 9 aromatic carbocycles. The first-order chi connectivity index (χ1) is 28.8. The zero-order valence-corrected chi connectivity index (χ0v) is 31.4. The van der Waals surface area contributed by atoms with E-state index in [-0.39, 0.29) is 0 Å². The number of benzene rings is 9. The number of rotatable bonds is 4. The van der Waals surface area contributed by atoms with E-state index in [2.05, 4.69) is 203 Å². The van der Waals surface area contributed by atoms with Gasteiger partial charge in [-0.25, -0.2) is 0 Å². The van der Waals surface area contributed by atoms with Crippen LogP contribution in [0, 0.1) is 0 Å². The molecule has 0 saturated carbocycles. The van der Waals surface area contributed by atoms with Crippen molar-refractivity contribution in [2.75, 3.05) is 0 Å². The molecule has 3 aromatic heterocycles. The number of fused-ring (bicyclic) bond motifs is 11. The largest absolute Gasteiger partial charge is 0.309 e. The average Bonchev–Trinajstić information content (AvgIpc) is 3.93. The van der Waals surface area contributed by atoms with Crippen LogP contribution in [-0.2, 0) is 0 Å². The summed E-state index contributed by atoms with van der Waals surface area (Å²) in [7, 11) is 0. The van der Waals surface area contributed by atoms with Crippen LogP contribution < -0.4 is 0 Å². The van der Waals surface area contributed by atoms with Gasteiger partial charge >= 0.3 is 0 Å². The van der Waals surface area contributed by atoms with Gasteiger partial charge in [-0.15, -0.1) is 0 Å². The molecule has 1 aliphatic carbocycles. The topological polar surface area (TPSA) is 22.8 Å². The molecule has 12 aromatic rings. The Hall–Kier alpha value is -7.75. The zero-order valence-electron chi connectivity index (χ0n) is 31.4. The van der Waals surface area contributed by atoms with E-state index >= 15 is 0 Å². The Balaban J connectivity index is 1.02. The summed E-state index contributed by atoms with van der Waals surface area (Å²) >= 11 is 0. The van der Waals surface area contributed by atoms with E-state index in [9.17, 15) is 0 Å². The molecule has 0 bridgehead atoms. The van der Waals surface area contributed by atoms with E-state index < -0.39 is 0 Å². The lowest BCUT2D eigenvalue weighted by Crippen LogP contribution is -1.96. The fourth-order valence-corrected chi connectivity index (χ4v) is 9.94. The van der Waals surface area contributed by atoms with Gasteiger partial charge in [-0.2, -0.15) is 0 Å². The molecule has 58 heavy (non-hydrogen) atoms. The Morgan fingerprint density at radius 3 is 1.84 bits per heavy atom. The van der Waals surface area contributed by atoms with Crippen LogP contribution in [-0.4, -0.2) is 14.1 Å². The molecule has 268 valence electrons. The Morgan fingerprint density at radius 1 is 0.345 bits per heavy atom. The SMILES string of the molecule is c1ccc(-n2c3ccccc3c3cc(-c4ccc5c(c4)c4ccc6ccccc6c4n5-c4cccc(-c5ncc6cccc7c6c5-c5ccccc5-7)c4)ccc32)cc1. The molecule has 3 nitrogen and oxygen atoms in total. The maximum absolute atomic E-state index is 5.17. The molecule has 1 aliphatic rings. The molecule has 0 fully saturated rings. The van der Waals surface area contributed by atoms with Gasteiger partial charge < -0.3 is 9.13 Å². The van der Waals surface area contributed by atoms with Crippen molar-refractivity contribution >= 4 is 65.2 Å². The first kappa shape index (κ1) is 31.5. The van der Waals surface area contributed by atoms with Crippen molar-refractivity contribution in [3.05, 3.63) is 200 Å². The molecule has 0 amide bonds. The molecule has 3 heteroatoms. The summed E-state index contributed by atoms with van der Waals surface area (Å²) in [5.41, 5.74) is 16.7. The number of nitrogens with zero attached hydrogens (tertiary/aromatic N) is 3. The minimum atomic E-state index is 1.02. The third-order valence-electron chi connectivity index (χ3n) is 12.5. The normalized spacial score (nSPS) is 12.1. The van der Waals surface area contributed by atoms with Crippen LogP contribution in [0.1, 0.15) is 0 Å². The number of pyridine rings is 1. The molecule has 0 unspecified atom stereocenters. The van der Waals surface area contributed by atoms with Crippen LogP contribution in [0.2, 0.25) is 0 Å². The molecule has 0 atom stereocenters.